The molecule has 0 aliphatic rings. The maximum atomic E-state index is 4.02. The number of benzene rings is 8. The van der Waals surface area contributed by atoms with E-state index >= 15 is 0 Å². The highest BCUT2D eigenvalue weighted by Crippen LogP contribution is 2.44. The zero-order valence-electron chi connectivity index (χ0n) is 39.8. The second-order valence-electron chi connectivity index (χ2n) is 21.9. The predicted octanol–water partition coefficient (Wildman–Crippen LogP) is 19.6. The van der Waals surface area contributed by atoms with Gasteiger partial charge in [-0.25, -0.2) is 0 Å². The molecule has 0 saturated carbocycles. The molecule has 8 rings (SSSR count). The molecular formula is C62H62Br2. The Balaban J connectivity index is 1.34. The fraction of sp³-hybridized carbons (Fsp3) is 0.258. The number of rotatable bonds is 6. The van der Waals surface area contributed by atoms with Crippen LogP contribution in [0, 0.1) is 0 Å². The fourth-order valence-corrected chi connectivity index (χ4v) is 9.67. The molecule has 2 heteroatoms. The maximum Gasteiger partial charge on any atom is 0.0188 e. The molecule has 0 nitrogen and oxygen atoms in total. The van der Waals surface area contributed by atoms with E-state index in [2.05, 4.69) is 273 Å². The summed E-state index contributed by atoms with van der Waals surface area (Å²) in [7, 11) is 0. The van der Waals surface area contributed by atoms with Crippen molar-refractivity contribution in [3.05, 3.63) is 189 Å². The lowest BCUT2D eigenvalue weighted by atomic mass is 9.84. The summed E-state index contributed by atoms with van der Waals surface area (Å²) in [5.41, 5.74) is 20.0. The van der Waals surface area contributed by atoms with Gasteiger partial charge in [-0.3, -0.25) is 0 Å². The Labute approximate surface area is 400 Å². The van der Waals surface area contributed by atoms with Crippen molar-refractivity contribution in [2.75, 3.05) is 0 Å². The van der Waals surface area contributed by atoms with Gasteiger partial charge in [-0.15, -0.1) is 0 Å². The number of halogens is 2. The Morgan fingerprint density at radius 1 is 0.234 bits per heavy atom. The SMILES string of the molecule is CC(C)(C)c1ccc(-c2cc(-c3ccc(C(C)(C)C)cc3)cc(-c3cc(Br)cc4c(-c5cc(-c6ccc(C(C)(C)C)cc6)cc(-c6ccc(C(C)(C)C)cc6)c5)cc(Br)cc34)c2)cc1. The Bertz CT molecular complexity index is 2610. The van der Waals surface area contributed by atoms with Gasteiger partial charge in [0, 0.05) is 8.95 Å². The fourth-order valence-electron chi connectivity index (χ4n) is 8.75. The molecule has 64 heavy (non-hydrogen) atoms. The summed E-state index contributed by atoms with van der Waals surface area (Å²) in [6, 6.07) is 60.0. The maximum absolute atomic E-state index is 4.02. The predicted molar refractivity (Wildman–Crippen MR) is 287 cm³/mol. The minimum Gasteiger partial charge on any atom is -0.0579 e. The molecule has 0 aliphatic carbocycles. The molecule has 0 N–H and O–H groups in total. The lowest BCUT2D eigenvalue weighted by Gasteiger charge is -2.21. The zero-order chi connectivity index (χ0) is 45.9. The van der Waals surface area contributed by atoms with E-state index < -0.39 is 0 Å². The monoisotopic (exact) mass is 964 g/mol. The Kier molecular flexibility index (Phi) is 12.2. The molecule has 324 valence electrons. The van der Waals surface area contributed by atoms with Crippen LogP contribution in [0.15, 0.2) is 167 Å². The van der Waals surface area contributed by atoms with Gasteiger partial charge >= 0.3 is 0 Å². The standard InChI is InChI=1S/C62H62Br2/c1-59(2,3)49-21-13-39(14-22-49)43-29-44(40-15-23-50(24-16-40)60(4,5)6)32-47(31-43)55-35-53(63)38-58-56(36-54(64)37-57(55)58)48-33-45(41-17-25-51(26-18-41)61(7,8)9)30-46(34-48)42-19-27-52(28-20-42)62(10,11)12/h13-38H,1-12H3. The largest absolute Gasteiger partial charge is 0.0579 e. The van der Waals surface area contributed by atoms with Gasteiger partial charge in [0.15, 0.2) is 0 Å². The normalized spacial score (nSPS) is 12.5. The topological polar surface area (TPSA) is 0 Å². The van der Waals surface area contributed by atoms with E-state index in [1.807, 2.05) is 0 Å². The highest BCUT2D eigenvalue weighted by Gasteiger charge is 2.20. The van der Waals surface area contributed by atoms with Gasteiger partial charge in [0.2, 0.25) is 0 Å². The van der Waals surface area contributed by atoms with Gasteiger partial charge in [-0.05, 0) is 182 Å². The van der Waals surface area contributed by atoms with Crippen LogP contribution in [0.2, 0.25) is 0 Å². The van der Waals surface area contributed by atoms with Crippen molar-refractivity contribution in [1.82, 2.24) is 0 Å². The van der Waals surface area contributed by atoms with Gasteiger partial charge in [-0.2, -0.15) is 0 Å². The molecule has 0 atom stereocenters. The zero-order valence-corrected chi connectivity index (χ0v) is 42.9. The average Bonchev–Trinajstić information content (AvgIpc) is 3.24. The Hall–Kier alpha value is -5.02. The second kappa shape index (κ2) is 17.1. The summed E-state index contributed by atoms with van der Waals surface area (Å²) in [5.74, 6) is 0. The van der Waals surface area contributed by atoms with Crippen LogP contribution in [0.4, 0.5) is 0 Å². The van der Waals surface area contributed by atoms with E-state index in [9.17, 15) is 0 Å². The van der Waals surface area contributed by atoms with Crippen molar-refractivity contribution < 1.29 is 0 Å². The second-order valence-corrected chi connectivity index (χ2v) is 23.7. The number of hydrogen-bond donors (Lipinski definition) is 0. The van der Waals surface area contributed by atoms with Crippen LogP contribution in [0.1, 0.15) is 105 Å². The van der Waals surface area contributed by atoms with Crippen molar-refractivity contribution >= 4 is 42.6 Å². The van der Waals surface area contributed by atoms with Crippen LogP contribution in [-0.2, 0) is 21.7 Å². The third-order valence-electron chi connectivity index (χ3n) is 12.8. The highest BCUT2D eigenvalue weighted by atomic mass is 79.9. The summed E-state index contributed by atoms with van der Waals surface area (Å²) >= 11 is 8.04. The minimum absolute atomic E-state index is 0.0781. The van der Waals surface area contributed by atoms with E-state index in [0.717, 1.165) is 8.95 Å². The average molecular weight is 967 g/mol. The van der Waals surface area contributed by atoms with Gasteiger partial charge in [0.25, 0.3) is 0 Å². The Morgan fingerprint density at radius 2 is 0.438 bits per heavy atom. The van der Waals surface area contributed by atoms with E-state index in [-0.39, 0.29) is 21.7 Å². The van der Waals surface area contributed by atoms with Crippen molar-refractivity contribution in [2.45, 2.75) is 105 Å². The van der Waals surface area contributed by atoms with Crippen LogP contribution in [0.25, 0.3) is 77.5 Å². The first kappa shape index (κ1) is 45.5. The molecule has 0 heterocycles. The quantitative estimate of drug-likeness (QED) is 0.156. The third-order valence-corrected chi connectivity index (χ3v) is 13.7. The molecule has 0 amide bonds. The first-order valence-electron chi connectivity index (χ1n) is 22.7. The van der Waals surface area contributed by atoms with Crippen molar-refractivity contribution in [3.8, 4) is 66.8 Å². The lowest BCUT2D eigenvalue weighted by molar-refractivity contribution is 0.590. The van der Waals surface area contributed by atoms with Crippen LogP contribution in [0.3, 0.4) is 0 Å². The lowest BCUT2D eigenvalue weighted by Crippen LogP contribution is -2.10. The van der Waals surface area contributed by atoms with E-state index in [1.165, 1.54) is 99.8 Å². The molecule has 0 unspecified atom stereocenters. The van der Waals surface area contributed by atoms with Crippen LogP contribution < -0.4 is 0 Å². The third kappa shape index (κ3) is 9.80. The summed E-state index contributed by atoms with van der Waals surface area (Å²) in [5, 5.41) is 2.38. The summed E-state index contributed by atoms with van der Waals surface area (Å²) in [4.78, 5) is 0. The van der Waals surface area contributed by atoms with Crippen LogP contribution in [-0.4, -0.2) is 0 Å². The molecular weight excluding hydrogens is 904 g/mol. The van der Waals surface area contributed by atoms with Crippen molar-refractivity contribution in [3.63, 3.8) is 0 Å². The van der Waals surface area contributed by atoms with E-state index in [4.69, 9.17) is 0 Å². The molecule has 0 bridgehead atoms. The summed E-state index contributed by atoms with van der Waals surface area (Å²) < 4.78 is 2.09. The first-order chi connectivity index (χ1) is 30.0. The Morgan fingerprint density at radius 3 is 0.641 bits per heavy atom. The van der Waals surface area contributed by atoms with Gasteiger partial charge < -0.3 is 0 Å². The molecule has 0 saturated heterocycles. The minimum atomic E-state index is 0.0781. The number of hydrogen-bond acceptors (Lipinski definition) is 0. The van der Waals surface area contributed by atoms with Gasteiger partial charge in [0.1, 0.15) is 0 Å². The smallest absolute Gasteiger partial charge is 0.0188 e. The van der Waals surface area contributed by atoms with Gasteiger partial charge in [0.05, 0.1) is 0 Å². The number of fused-ring (bicyclic) bond motifs is 1. The molecule has 0 aromatic heterocycles. The molecule has 0 radical (unpaired) electrons. The molecule has 0 fully saturated rings. The highest BCUT2D eigenvalue weighted by molar-refractivity contribution is 9.10. The first-order valence-corrected chi connectivity index (χ1v) is 24.3. The van der Waals surface area contributed by atoms with Crippen LogP contribution in [0.5, 0.6) is 0 Å². The van der Waals surface area contributed by atoms with Gasteiger partial charge in [-0.1, -0.05) is 212 Å². The molecule has 0 aliphatic heterocycles. The van der Waals surface area contributed by atoms with Crippen LogP contribution >= 0.6 is 31.9 Å². The van der Waals surface area contributed by atoms with Crippen molar-refractivity contribution in [2.24, 2.45) is 0 Å². The molecule has 0 spiro atoms. The summed E-state index contributed by atoms with van der Waals surface area (Å²) in [6.07, 6.45) is 0. The van der Waals surface area contributed by atoms with E-state index in [1.54, 1.807) is 0 Å². The summed E-state index contributed by atoms with van der Waals surface area (Å²) in [6.45, 7) is 27.3. The van der Waals surface area contributed by atoms with E-state index in [0.29, 0.717) is 0 Å². The van der Waals surface area contributed by atoms with Crippen molar-refractivity contribution in [1.29, 1.82) is 0 Å². The molecule has 8 aromatic carbocycles. The molecule has 8 aromatic rings.